The van der Waals surface area contributed by atoms with Crippen molar-refractivity contribution < 1.29 is 22.4 Å². The van der Waals surface area contributed by atoms with Gasteiger partial charge >= 0.3 is 0 Å². The van der Waals surface area contributed by atoms with Gasteiger partial charge in [-0.25, -0.2) is 12.8 Å². The summed E-state index contributed by atoms with van der Waals surface area (Å²) in [5, 5.41) is 0. The van der Waals surface area contributed by atoms with Crippen LogP contribution in [-0.4, -0.2) is 52.8 Å². The molecular formula is C13H19FN2O4S. The maximum absolute atomic E-state index is 13.0. The van der Waals surface area contributed by atoms with Crippen LogP contribution in [0.2, 0.25) is 0 Å². The summed E-state index contributed by atoms with van der Waals surface area (Å²) < 4.78 is 42.2. The van der Waals surface area contributed by atoms with E-state index in [2.05, 4.69) is 9.79 Å². The Morgan fingerprint density at radius 2 is 2.10 bits per heavy atom. The van der Waals surface area contributed by atoms with Crippen molar-refractivity contribution in [1.29, 1.82) is 0 Å². The van der Waals surface area contributed by atoms with Gasteiger partial charge in [0.15, 0.2) is 0 Å². The number of nitrogens with zero attached hydrogens (tertiary/aromatic N) is 1. The van der Waals surface area contributed by atoms with Gasteiger partial charge in [-0.2, -0.15) is 0 Å². The zero-order valence-corrected chi connectivity index (χ0v) is 12.7. The second-order valence-electron chi connectivity index (χ2n) is 4.80. The Balaban J connectivity index is 1.83. The second kappa shape index (κ2) is 7.28. The number of hydrogen-bond donors (Lipinski definition) is 1. The first-order valence-corrected chi connectivity index (χ1v) is 8.17. The van der Waals surface area contributed by atoms with E-state index in [-0.39, 0.29) is 11.5 Å². The number of aryl methyl sites for hydroxylation is 1. The topological polar surface area (TPSA) is 67.9 Å². The Kier molecular flexibility index (Phi) is 5.65. The van der Waals surface area contributed by atoms with E-state index in [0.29, 0.717) is 25.3 Å². The van der Waals surface area contributed by atoms with Crippen LogP contribution >= 0.6 is 0 Å². The fraction of sp³-hybridized carbons (Fsp3) is 0.538. The molecule has 118 valence electrons. The molecule has 1 fully saturated rings. The number of sulfonamides is 1. The molecule has 1 aliphatic heterocycles. The predicted octanol–water partition coefficient (Wildman–Crippen LogP) is 0.676. The molecule has 1 aromatic carbocycles. The SMILES string of the molecule is Cc1cc(F)ccc1S(=O)(=O)NOCCN1CCOCC1. The molecule has 8 heteroatoms. The first-order chi connectivity index (χ1) is 9.99. The average Bonchev–Trinajstić information content (AvgIpc) is 2.44. The third-order valence-electron chi connectivity index (χ3n) is 3.21. The van der Waals surface area contributed by atoms with E-state index in [4.69, 9.17) is 9.57 Å². The van der Waals surface area contributed by atoms with E-state index in [1.165, 1.54) is 19.1 Å². The van der Waals surface area contributed by atoms with Crippen LogP contribution in [0.3, 0.4) is 0 Å². The van der Waals surface area contributed by atoms with Gasteiger partial charge in [0.05, 0.1) is 24.7 Å². The van der Waals surface area contributed by atoms with Crippen molar-refractivity contribution in [1.82, 2.24) is 9.79 Å². The molecule has 6 nitrogen and oxygen atoms in total. The lowest BCUT2D eigenvalue weighted by molar-refractivity contribution is 0.0125. The summed E-state index contributed by atoms with van der Waals surface area (Å²) >= 11 is 0. The average molecular weight is 318 g/mol. The van der Waals surface area contributed by atoms with Gasteiger partial charge in [0.2, 0.25) is 0 Å². The molecule has 1 heterocycles. The first kappa shape index (κ1) is 16.3. The molecule has 1 aromatic rings. The van der Waals surface area contributed by atoms with Crippen LogP contribution in [0.15, 0.2) is 23.1 Å². The highest BCUT2D eigenvalue weighted by molar-refractivity contribution is 7.89. The molecule has 0 atom stereocenters. The van der Waals surface area contributed by atoms with Crippen molar-refractivity contribution in [2.75, 3.05) is 39.5 Å². The molecular weight excluding hydrogens is 299 g/mol. The van der Waals surface area contributed by atoms with Crippen LogP contribution < -0.4 is 4.89 Å². The Morgan fingerprint density at radius 1 is 1.38 bits per heavy atom. The Bertz CT molecular complexity index is 574. The van der Waals surface area contributed by atoms with Crippen molar-refractivity contribution in [3.05, 3.63) is 29.6 Å². The van der Waals surface area contributed by atoms with E-state index in [9.17, 15) is 12.8 Å². The van der Waals surface area contributed by atoms with Crippen LogP contribution in [0.4, 0.5) is 4.39 Å². The van der Waals surface area contributed by atoms with Gasteiger partial charge in [0.25, 0.3) is 10.0 Å². The third kappa shape index (κ3) is 4.72. The number of rotatable bonds is 6. The minimum atomic E-state index is -3.79. The Hall–Kier alpha value is -1.06. The van der Waals surface area contributed by atoms with Gasteiger partial charge in [-0.1, -0.05) is 4.89 Å². The summed E-state index contributed by atoms with van der Waals surface area (Å²) in [7, 11) is -3.79. The van der Waals surface area contributed by atoms with E-state index < -0.39 is 15.8 Å². The normalized spacial score (nSPS) is 17.0. The number of halogens is 1. The number of morpholine rings is 1. The molecule has 21 heavy (non-hydrogen) atoms. The second-order valence-corrected chi connectivity index (χ2v) is 6.41. The lowest BCUT2D eigenvalue weighted by atomic mass is 10.2. The molecule has 1 aliphatic rings. The Labute approximate surface area is 123 Å². The molecule has 2 rings (SSSR count). The zero-order valence-electron chi connectivity index (χ0n) is 11.8. The summed E-state index contributed by atoms with van der Waals surface area (Å²) in [4.78, 5) is 9.23. The van der Waals surface area contributed by atoms with Crippen LogP contribution in [0.25, 0.3) is 0 Å². The number of benzene rings is 1. The van der Waals surface area contributed by atoms with Gasteiger partial charge < -0.3 is 4.74 Å². The van der Waals surface area contributed by atoms with Crippen LogP contribution in [0.1, 0.15) is 5.56 Å². The summed E-state index contributed by atoms with van der Waals surface area (Å²) in [5.41, 5.74) is 0.333. The van der Waals surface area contributed by atoms with Crippen molar-refractivity contribution in [2.45, 2.75) is 11.8 Å². The molecule has 0 aliphatic carbocycles. The van der Waals surface area contributed by atoms with Crippen LogP contribution in [0, 0.1) is 12.7 Å². The van der Waals surface area contributed by atoms with Crippen LogP contribution in [0.5, 0.6) is 0 Å². The maximum Gasteiger partial charge on any atom is 0.262 e. The molecule has 0 aromatic heterocycles. The summed E-state index contributed by atoms with van der Waals surface area (Å²) in [6.45, 7) is 5.38. The molecule has 1 saturated heterocycles. The van der Waals surface area contributed by atoms with E-state index >= 15 is 0 Å². The molecule has 0 amide bonds. The molecule has 0 bridgehead atoms. The first-order valence-electron chi connectivity index (χ1n) is 6.69. The summed E-state index contributed by atoms with van der Waals surface area (Å²) in [5.74, 6) is -0.473. The summed E-state index contributed by atoms with van der Waals surface area (Å²) in [6.07, 6.45) is 0. The van der Waals surface area contributed by atoms with Gasteiger partial charge in [0.1, 0.15) is 5.82 Å². The van der Waals surface area contributed by atoms with Crippen molar-refractivity contribution in [3.8, 4) is 0 Å². The van der Waals surface area contributed by atoms with E-state index in [1.54, 1.807) is 0 Å². The number of nitrogens with one attached hydrogen (secondary N) is 1. The highest BCUT2D eigenvalue weighted by Gasteiger charge is 2.17. The number of ether oxygens (including phenoxy) is 1. The Morgan fingerprint density at radius 3 is 2.76 bits per heavy atom. The van der Waals surface area contributed by atoms with Gasteiger partial charge in [-0.3, -0.25) is 9.74 Å². The van der Waals surface area contributed by atoms with Gasteiger partial charge in [0, 0.05) is 19.6 Å². The smallest absolute Gasteiger partial charge is 0.262 e. The van der Waals surface area contributed by atoms with Gasteiger partial charge in [-0.15, -0.1) is 0 Å². The fourth-order valence-corrected chi connectivity index (χ4v) is 3.14. The van der Waals surface area contributed by atoms with E-state index in [1.807, 2.05) is 0 Å². The summed E-state index contributed by atoms with van der Waals surface area (Å²) in [6, 6.07) is 3.50. The largest absolute Gasteiger partial charge is 0.379 e. The number of hydrogen-bond acceptors (Lipinski definition) is 5. The molecule has 0 radical (unpaired) electrons. The monoisotopic (exact) mass is 318 g/mol. The predicted molar refractivity (Wildman–Crippen MR) is 74.7 cm³/mol. The highest BCUT2D eigenvalue weighted by atomic mass is 32.2. The van der Waals surface area contributed by atoms with Gasteiger partial charge in [-0.05, 0) is 30.7 Å². The van der Waals surface area contributed by atoms with E-state index in [0.717, 1.165) is 19.2 Å². The minimum Gasteiger partial charge on any atom is -0.379 e. The maximum atomic E-state index is 13.0. The van der Waals surface area contributed by atoms with Crippen molar-refractivity contribution in [2.24, 2.45) is 0 Å². The standard InChI is InChI=1S/C13H19FN2O4S/c1-11-10-12(14)2-3-13(11)21(17,18)15-20-9-6-16-4-7-19-8-5-16/h2-3,10,15H,4-9H2,1H3. The highest BCUT2D eigenvalue weighted by Crippen LogP contribution is 2.15. The minimum absolute atomic E-state index is 0.00951. The quantitative estimate of drug-likeness (QED) is 0.617. The van der Waals surface area contributed by atoms with Crippen molar-refractivity contribution in [3.63, 3.8) is 0 Å². The molecule has 1 N–H and O–H groups in total. The fourth-order valence-electron chi connectivity index (χ4n) is 2.08. The van der Waals surface area contributed by atoms with Crippen molar-refractivity contribution >= 4 is 10.0 Å². The third-order valence-corrected chi connectivity index (χ3v) is 4.58. The lowest BCUT2D eigenvalue weighted by Gasteiger charge is -2.26. The molecule has 0 spiro atoms. The zero-order chi connectivity index (χ0) is 15.3. The molecule has 0 saturated carbocycles. The lowest BCUT2D eigenvalue weighted by Crippen LogP contribution is -2.39. The van der Waals surface area contributed by atoms with Crippen LogP contribution in [-0.2, 0) is 19.6 Å². The molecule has 0 unspecified atom stereocenters.